The van der Waals surface area contributed by atoms with Gasteiger partial charge in [-0.2, -0.15) is 0 Å². The fourth-order valence-electron chi connectivity index (χ4n) is 1.29. The van der Waals surface area contributed by atoms with Crippen molar-refractivity contribution < 1.29 is 4.74 Å². The Hall–Kier alpha value is -0.320. The van der Waals surface area contributed by atoms with Gasteiger partial charge >= 0.3 is 0 Å². The fraction of sp³-hybridized carbons (Fsp3) is 0.100. The van der Waals surface area contributed by atoms with Crippen molar-refractivity contribution in [2.45, 2.75) is 0 Å². The van der Waals surface area contributed by atoms with Crippen LogP contribution in [0.3, 0.4) is 0 Å². The fourth-order valence-corrected chi connectivity index (χ4v) is 2.27. The molecular formula is C10H6Br2ClNO. The molecule has 0 saturated carbocycles. The van der Waals surface area contributed by atoms with Crippen molar-refractivity contribution in [3.8, 4) is 5.75 Å². The Kier molecular flexibility index (Phi) is 3.19. The summed E-state index contributed by atoms with van der Waals surface area (Å²) in [6.07, 6.45) is 1.74. The molecule has 0 aliphatic carbocycles. The number of methoxy groups -OCH3 is 1. The van der Waals surface area contributed by atoms with Crippen LogP contribution in [0, 0.1) is 0 Å². The lowest BCUT2D eigenvalue weighted by atomic mass is 10.2. The zero-order chi connectivity index (χ0) is 11.0. The minimum absolute atomic E-state index is 0.575. The second-order valence-corrected chi connectivity index (χ2v) is 4.98. The van der Waals surface area contributed by atoms with Gasteiger partial charge in [-0.1, -0.05) is 11.6 Å². The number of halogens is 3. The number of hydrogen-bond donors (Lipinski definition) is 0. The topological polar surface area (TPSA) is 22.1 Å². The third kappa shape index (κ3) is 1.98. The predicted octanol–water partition coefficient (Wildman–Crippen LogP) is 4.42. The highest BCUT2D eigenvalue weighted by atomic mass is 79.9. The van der Waals surface area contributed by atoms with Gasteiger partial charge in [-0.3, -0.25) is 4.98 Å². The molecule has 0 saturated heterocycles. The van der Waals surface area contributed by atoms with Crippen LogP contribution in [-0.2, 0) is 0 Å². The van der Waals surface area contributed by atoms with Crippen LogP contribution in [-0.4, -0.2) is 12.1 Å². The van der Waals surface area contributed by atoms with Gasteiger partial charge in [-0.15, -0.1) is 0 Å². The van der Waals surface area contributed by atoms with Crippen LogP contribution in [0.4, 0.5) is 0 Å². The average Bonchev–Trinajstić information content (AvgIpc) is 2.24. The summed E-state index contributed by atoms with van der Waals surface area (Å²) < 4.78 is 6.97. The second kappa shape index (κ2) is 4.28. The van der Waals surface area contributed by atoms with E-state index >= 15 is 0 Å². The van der Waals surface area contributed by atoms with Crippen molar-refractivity contribution in [1.82, 2.24) is 4.98 Å². The summed E-state index contributed by atoms with van der Waals surface area (Å²) in [7, 11) is 1.58. The second-order valence-electron chi connectivity index (χ2n) is 2.92. The number of benzene rings is 1. The van der Waals surface area contributed by atoms with E-state index in [-0.39, 0.29) is 0 Å². The molecule has 0 aliphatic rings. The number of pyridine rings is 1. The molecule has 2 nitrogen and oxygen atoms in total. The third-order valence-corrected chi connectivity index (χ3v) is 4.32. The maximum absolute atomic E-state index is 6.04. The van der Waals surface area contributed by atoms with Crippen LogP contribution < -0.4 is 4.74 Å². The minimum Gasteiger partial charge on any atom is -0.495 e. The highest BCUT2D eigenvalue weighted by Gasteiger charge is 2.08. The molecular weight excluding hydrogens is 345 g/mol. The molecule has 0 amide bonds. The average molecular weight is 351 g/mol. The van der Waals surface area contributed by atoms with Crippen molar-refractivity contribution in [2.24, 2.45) is 0 Å². The molecule has 0 spiro atoms. The van der Waals surface area contributed by atoms with Crippen molar-refractivity contribution >= 4 is 54.4 Å². The van der Waals surface area contributed by atoms with Gasteiger partial charge in [0.15, 0.2) is 0 Å². The van der Waals surface area contributed by atoms with Crippen LogP contribution >= 0.6 is 43.5 Å². The standard InChI is InChI=1S/C10H6Br2ClNO/c1-15-9-3-8-5(2-7(9)13)10(12)6(11)4-14-8/h2-4H,1H3. The minimum atomic E-state index is 0.575. The predicted molar refractivity (Wildman–Crippen MR) is 68.7 cm³/mol. The Labute approximate surface area is 109 Å². The zero-order valence-electron chi connectivity index (χ0n) is 7.72. The van der Waals surface area contributed by atoms with E-state index in [0.717, 1.165) is 19.8 Å². The highest BCUT2D eigenvalue weighted by molar-refractivity contribution is 9.13. The Bertz CT molecular complexity index is 530. The number of rotatable bonds is 1. The molecule has 1 heterocycles. The Morgan fingerprint density at radius 2 is 2.07 bits per heavy atom. The molecule has 0 bridgehead atoms. The van der Waals surface area contributed by atoms with Crippen molar-refractivity contribution in [3.63, 3.8) is 0 Å². The number of nitrogens with zero attached hydrogens (tertiary/aromatic N) is 1. The monoisotopic (exact) mass is 349 g/mol. The van der Waals surface area contributed by atoms with E-state index in [1.807, 2.05) is 12.1 Å². The summed E-state index contributed by atoms with van der Waals surface area (Å²) in [5.41, 5.74) is 0.839. The quantitative estimate of drug-likeness (QED) is 0.759. The van der Waals surface area contributed by atoms with E-state index < -0.39 is 0 Å². The van der Waals surface area contributed by atoms with Crippen LogP contribution in [0.15, 0.2) is 27.3 Å². The molecule has 0 atom stereocenters. The number of hydrogen-bond acceptors (Lipinski definition) is 2. The van der Waals surface area contributed by atoms with Crippen molar-refractivity contribution in [2.75, 3.05) is 7.11 Å². The maximum Gasteiger partial charge on any atom is 0.139 e. The summed E-state index contributed by atoms with van der Waals surface area (Å²) in [4.78, 5) is 4.28. The molecule has 0 fully saturated rings. The summed E-state index contributed by atoms with van der Waals surface area (Å²) in [6, 6.07) is 3.65. The first kappa shape index (κ1) is 11.2. The third-order valence-electron chi connectivity index (χ3n) is 2.03. The van der Waals surface area contributed by atoms with E-state index in [1.54, 1.807) is 13.3 Å². The molecule has 0 unspecified atom stereocenters. The Balaban J connectivity index is 2.81. The van der Waals surface area contributed by atoms with Crippen LogP contribution in [0.2, 0.25) is 5.02 Å². The Morgan fingerprint density at radius 3 is 2.73 bits per heavy atom. The van der Waals surface area contributed by atoms with E-state index in [9.17, 15) is 0 Å². The van der Waals surface area contributed by atoms with Gasteiger partial charge in [0, 0.05) is 22.1 Å². The lowest BCUT2D eigenvalue weighted by Gasteiger charge is -2.06. The van der Waals surface area contributed by atoms with Crippen LogP contribution in [0.1, 0.15) is 0 Å². The normalized spacial score (nSPS) is 10.7. The summed E-state index contributed by atoms with van der Waals surface area (Å²) in [5, 5.41) is 1.53. The van der Waals surface area contributed by atoms with Crippen LogP contribution in [0.25, 0.3) is 10.9 Å². The van der Waals surface area contributed by atoms with Gasteiger partial charge in [0.05, 0.1) is 22.1 Å². The SMILES string of the molecule is COc1cc2ncc(Br)c(Br)c2cc1Cl. The number of fused-ring (bicyclic) bond motifs is 1. The summed E-state index contributed by atoms with van der Waals surface area (Å²) >= 11 is 12.9. The first-order chi connectivity index (χ1) is 7.13. The highest BCUT2D eigenvalue weighted by Crippen LogP contribution is 2.35. The molecule has 2 rings (SSSR count). The van der Waals surface area contributed by atoms with Gasteiger partial charge in [0.1, 0.15) is 5.75 Å². The molecule has 0 aliphatic heterocycles. The maximum atomic E-state index is 6.04. The van der Waals surface area contributed by atoms with E-state index in [0.29, 0.717) is 10.8 Å². The molecule has 0 N–H and O–H groups in total. The number of ether oxygens (including phenoxy) is 1. The van der Waals surface area contributed by atoms with E-state index in [2.05, 4.69) is 36.8 Å². The van der Waals surface area contributed by atoms with E-state index in [1.165, 1.54) is 0 Å². The molecule has 15 heavy (non-hydrogen) atoms. The van der Waals surface area contributed by atoms with E-state index in [4.69, 9.17) is 16.3 Å². The Morgan fingerprint density at radius 1 is 1.33 bits per heavy atom. The summed E-state index contributed by atoms with van der Waals surface area (Å²) in [5.74, 6) is 0.630. The molecule has 0 radical (unpaired) electrons. The molecule has 1 aromatic heterocycles. The number of aromatic nitrogens is 1. The lowest BCUT2D eigenvalue weighted by molar-refractivity contribution is 0.415. The first-order valence-electron chi connectivity index (χ1n) is 4.10. The molecule has 1 aromatic carbocycles. The first-order valence-corrected chi connectivity index (χ1v) is 6.07. The van der Waals surface area contributed by atoms with Crippen LogP contribution in [0.5, 0.6) is 5.75 Å². The molecule has 5 heteroatoms. The van der Waals surface area contributed by atoms with Gasteiger partial charge in [0.2, 0.25) is 0 Å². The largest absolute Gasteiger partial charge is 0.495 e. The van der Waals surface area contributed by atoms with Gasteiger partial charge in [-0.05, 0) is 37.9 Å². The zero-order valence-corrected chi connectivity index (χ0v) is 11.6. The van der Waals surface area contributed by atoms with Gasteiger partial charge in [-0.25, -0.2) is 0 Å². The smallest absolute Gasteiger partial charge is 0.139 e. The lowest BCUT2D eigenvalue weighted by Crippen LogP contribution is -1.87. The van der Waals surface area contributed by atoms with Crippen molar-refractivity contribution in [3.05, 3.63) is 32.3 Å². The molecule has 2 aromatic rings. The summed E-state index contributed by atoms with van der Waals surface area (Å²) in [6.45, 7) is 0. The van der Waals surface area contributed by atoms with Crippen molar-refractivity contribution in [1.29, 1.82) is 0 Å². The molecule has 78 valence electrons. The van der Waals surface area contributed by atoms with Gasteiger partial charge in [0.25, 0.3) is 0 Å². The van der Waals surface area contributed by atoms with Gasteiger partial charge < -0.3 is 4.74 Å².